The number of fused-ring (bicyclic) bond motifs is 1. The predicted octanol–water partition coefficient (Wildman–Crippen LogP) is 3.55. The molecule has 0 saturated carbocycles. The lowest BCUT2D eigenvalue weighted by Crippen LogP contribution is -2.04. The summed E-state index contributed by atoms with van der Waals surface area (Å²) in [4.78, 5) is 8.83. The molecule has 0 saturated heterocycles. The highest BCUT2D eigenvalue weighted by Gasteiger charge is 2.00. The molecule has 0 atom stereocenters. The number of hydrogen-bond acceptors (Lipinski definition) is 3. The smallest absolute Gasteiger partial charge is 0.223 e. The summed E-state index contributed by atoms with van der Waals surface area (Å²) in [5, 5.41) is 4.33. The van der Waals surface area contributed by atoms with Crippen LogP contribution in [0.2, 0.25) is 0 Å². The highest BCUT2D eigenvalue weighted by atomic mass is 15.1. The van der Waals surface area contributed by atoms with Crippen molar-refractivity contribution in [1.29, 1.82) is 0 Å². The molecule has 0 unspecified atom stereocenters. The number of para-hydroxylation sites is 1. The molecule has 19 heavy (non-hydrogen) atoms. The van der Waals surface area contributed by atoms with Gasteiger partial charge >= 0.3 is 0 Å². The van der Waals surface area contributed by atoms with Gasteiger partial charge in [-0.2, -0.15) is 0 Å². The van der Waals surface area contributed by atoms with Gasteiger partial charge in [0.25, 0.3) is 0 Å². The first-order valence-corrected chi connectivity index (χ1v) is 6.33. The van der Waals surface area contributed by atoms with Gasteiger partial charge < -0.3 is 5.32 Å². The third-order valence-electron chi connectivity index (χ3n) is 3.19. The van der Waals surface area contributed by atoms with Crippen molar-refractivity contribution >= 4 is 16.9 Å². The Hall–Kier alpha value is -2.42. The Balaban J connectivity index is 1.80. The summed E-state index contributed by atoms with van der Waals surface area (Å²) in [6.07, 6.45) is 1.85. The van der Waals surface area contributed by atoms with Crippen molar-refractivity contribution in [1.82, 2.24) is 9.97 Å². The molecule has 0 aliphatic heterocycles. The van der Waals surface area contributed by atoms with E-state index < -0.39 is 0 Å². The van der Waals surface area contributed by atoms with Crippen LogP contribution in [0.1, 0.15) is 11.1 Å². The number of anilines is 1. The topological polar surface area (TPSA) is 37.8 Å². The highest BCUT2D eigenvalue weighted by Crippen LogP contribution is 2.13. The number of rotatable bonds is 3. The zero-order chi connectivity index (χ0) is 13.1. The van der Waals surface area contributed by atoms with E-state index >= 15 is 0 Å². The first-order chi connectivity index (χ1) is 9.33. The molecule has 0 aliphatic carbocycles. The number of benzene rings is 2. The highest BCUT2D eigenvalue weighted by molar-refractivity contribution is 5.78. The van der Waals surface area contributed by atoms with Gasteiger partial charge in [-0.05, 0) is 24.1 Å². The van der Waals surface area contributed by atoms with Crippen LogP contribution in [0.25, 0.3) is 10.9 Å². The summed E-state index contributed by atoms with van der Waals surface area (Å²) in [5.74, 6) is 0.668. The number of aryl methyl sites for hydroxylation is 1. The molecule has 0 bridgehead atoms. The Kier molecular flexibility index (Phi) is 3.11. The maximum absolute atomic E-state index is 4.50. The molecule has 1 N–H and O–H groups in total. The van der Waals surface area contributed by atoms with Crippen molar-refractivity contribution in [3.63, 3.8) is 0 Å². The van der Waals surface area contributed by atoms with Crippen molar-refractivity contribution in [2.75, 3.05) is 5.32 Å². The van der Waals surface area contributed by atoms with Gasteiger partial charge in [0.15, 0.2) is 0 Å². The predicted molar refractivity (Wildman–Crippen MR) is 78.0 cm³/mol. The second kappa shape index (κ2) is 5.06. The summed E-state index contributed by atoms with van der Waals surface area (Å²) < 4.78 is 0. The van der Waals surface area contributed by atoms with Crippen molar-refractivity contribution in [3.05, 3.63) is 65.9 Å². The molecular weight excluding hydrogens is 234 g/mol. The third kappa shape index (κ3) is 2.55. The van der Waals surface area contributed by atoms with Crippen LogP contribution in [0.15, 0.2) is 54.7 Å². The molecule has 3 nitrogen and oxygen atoms in total. The van der Waals surface area contributed by atoms with Gasteiger partial charge in [0.1, 0.15) is 0 Å². The van der Waals surface area contributed by atoms with E-state index in [0.29, 0.717) is 5.95 Å². The van der Waals surface area contributed by atoms with E-state index in [4.69, 9.17) is 0 Å². The Morgan fingerprint density at radius 3 is 2.68 bits per heavy atom. The minimum absolute atomic E-state index is 0.668. The van der Waals surface area contributed by atoms with E-state index in [1.165, 1.54) is 11.1 Å². The molecule has 0 aliphatic rings. The molecule has 3 heteroatoms. The van der Waals surface area contributed by atoms with E-state index in [0.717, 1.165) is 17.4 Å². The van der Waals surface area contributed by atoms with Crippen LogP contribution in [0.5, 0.6) is 0 Å². The number of nitrogens with zero attached hydrogens (tertiary/aromatic N) is 2. The second-order valence-corrected chi connectivity index (χ2v) is 4.53. The fourth-order valence-corrected chi connectivity index (χ4v) is 2.04. The molecule has 0 fully saturated rings. The molecule has 94 valence electrons. The normalized spacial score (nSPS) is 10.6. The van der Waals surface area contributed by atoms with Crippen LogP contribution in [-0.2, 0) is 6.54 Å². The van der Waals surface area contributed by atoms with Crippen molar-refractivity contribution in [3.8, 4) is 0 Å². The van der Waals surface area contributed by atoms with Gasteiger partial charge in [-0.15, -0.1) is 0 Å². The van der Waals surface area contributed by atoms with Crippen LogP contribution in [0.3, 0.4) is 0 Å². The Morgan fingerprint density at radius 1 is 1.00 bits per heavy atom. The van der Waals surface area contributed by atoms with E-state index in [1.54, 1.807) is 0 Å². The summed E-state index contributed by atoms with van der Waals surface area (Å²) >= 11 is 0. The first kappa shape index (κ1) is 11.7. The third-order valence-corrected chi connectivity index (χ3v) is 3.19. The molecule has 1 heterocycles. The average molecular weight is 249 g/mol. The van der Waals surface area contributed by atoms with Crippen LogP contribution < -0.4 is 5.32 Å². The monoisotopic (exact) mass is 249 g/mol. The molecule has 0 radical (unpaired) electrons. The van der Waals surface area contributed by atoms with Crippen molar-refractivity contribution < 1.29 is 0 Å². The van der Waals surface area contributed by atoms with Gasteiger partial charge in [0, 0.05) is 18.1 Å². The fourth-order valence-electron chi connectivity index (χ4n) is 2.04. The van der Waals surface area contributed by atoms with E-state index in [1.807, 2.05) is 42.6 Å². The van der Waals surface area contributed by atoms with Crippen LogP contribution >= 0.6 is 0 Å². The number of nitrogens with one attached hydrogen (secondary N) is 1. The molecule has 0 amide bonds. The maximum Gasteiger partial charge on any atom is 0.223 e. The molecule has 3 rings (SSSR count). The summed E-state index contributed by atoms with van der Waals surface area (Å²) in [7, 11) is 0. The summed E-state index contributed by atoms with van der Waals surface area (Å²) in [5.41, 5.74) is 3.50. The van der Waals surface area contributed by atoms with Gasteiger partial charge in [-0.25, -0.2) is 9.97 Å². The van der Waals surface area contributed by atoms with Crippen LogP contribution in [0.4, 0.5) is 5.95 Å². The lowest BCUT2D eigenvalue weighted by atomic mass is 10.1. The Morgan fingerprint density at radius 2 is 1.79 bits per heavy atom. The molecular formula is C16H15N3. The van der Waals surface area contributed by atoms with Crippen LogP contribution in [0, 0.1) is 6.92 Å². The maximum atomic E-state index is 4.50. The zero-order valence-corrected chi connectivity index (χ0v) is 10.8. The van der Waals surface area contributed by atoms with Gasteiger partial charge in [0.05, 0.1) is 5.52 Å². The van der Waals surface area contributed by atoms with E-state index in [9.17, 15) is 0 Å². The zero-order valence-electron chi connectivity index (χ0n) is 10.8. The number of aromatic nitrogens is 2. The van der Waals surface area contributed by atoms with Crippen molar-refractivity contribution in [2.24, 2.45) is 0 Å². The van der Waals surface area contributed by atoms with Crippen molar-refractivity contribution in [2.45, 2.75) is 13.5 Å². The minimum atomic E-state index is 0.668. The first-order valence-electron chi connectivity index (χ1n) is 6.33. The average Bonchev–Trinajstić information content (AvgIpc) is 2.46. The Bertz CT molecular complexity index is 707. The fraction of sp³-hybridized carbons (Fsp3) is 0.125. The molecule has 3 aromatic rings. The lowest BCUT2D eigenvalue weighted by molar-refractivity contribution is 1.06. The van der Waals surface area contributed by atoms with Gasteiger partial charge in [0.2, 0.25) is 5.95 Å². The lowest BCUT2D eigenvalue weighted by Gasteiger charge is -2.08. The summed E-state index contributed by atoms with van der Waals surface area (Å²) in [6, 6.07) is 16.3. The van der Waals surface area contributed by atoms with Crippen LogP contribution in [-0.4, -0.2) is 9.97 Å². The molecule has 1 aromatic heterocycles. The summed E-state index contributed by atoms with van der Waals surface area (Å²) in [6.45, 7) is 2.85. The quantitative estimate of drug-likeness (QED) is 0.771. The minimum Gasteiger partial charge on any atom is -0.350 e. The molecule has 2 aromatic carbocycles. The van der Waals surface area contributed by atoms with E-state index in [2.05, 4.69) is 34.3 Å². The second-order valence-electron chi connectivity index (χ2n) is 4.53. The molecule has 0 spiro atoms. The SMILES string of the molecule is Cc1ccccc1CNc1ncc2ccccc2n1. The largest absolute Gasteiger partial charge is 0.350 e. The Labute approximate surface area is 112 Å². The van der Waals surface area contributed by atoms with Gasteiger partial charge in [-0.1, -0.05) is 42.5 Å². The number of hydrogen-bond donors (Lipinski definition) is 1. The van der Waals surface area contributed by atoms with E-state index in [-0.39, 0.29) is 0 Å². The standard InChI is InChI=1S/C16H15N3/c1-12-6-2-3-7-13(12)10-17-16-18-11-14-8-4-5-9-15(14)19-16/h2-9,11H,10H2,1H3,(H,17,18,19). The van der Waals surface area contributed by atoms with Gasteiger partial charge in [-0.3, -0.25) is 0 Å².